The number of hydrogen-bond donors (Lipinski definition) is 1. The molecule has 1 aromatic carbocycles. The fraction of sp³-hybridized carbons (Fsp3) is 0.222. The number of nitrogens with two attached hydrogens (primary N) is 1. The van der Waals surface area contributed by atoms with Gasteiger partial charge in [0.05, 0.1) is 17.0 Å². The van der Waals surface area contributed by atoms with Crippen LogP contribution >= 0.6 is 11.6 Å². The van der Waals surface area contributed by atoms with Gasteiger partial charge in [0.15, 0.2) is 0 Å². The Morgan fingerprint density at radius 1 is 1.44 bits per heavy atom. The summed E-state index contributed by atoms with van der Waals surface area (Å²) < 4.78 is 39.5. The molecule has 9 heteroatoms. The SMILES string of the molecule is NC(C(=O)[O-])c1ccc(Cl)c(OC(F)(F)F)c1.[Li+]. The largest absolute Gasteiger partial charge is 1.00 e. The Morgan fingerprint density at radius 2 is 2.00 bits per heavy atom. The van der Waals surface area contributed by atoms with Crippen molar-refractivity contribution >= 4 is 17.6 Å². The summed E-state index contributed by atoms with van der Waals surface area (Å²) in [7, 11) is 0. The van der Waals surface area contributed by atoms with Gasteiger partial charge in [0.2, 0.25) is 0 Å². The second-order valence-corrected chi connectivity index (χ2v) is 3.44. The normalized spacial score (nSPS) is 12.5. The molecule has 1 rings (SSSR count). The van der Waals surface area contributed by atoms with Gasteiger partial charge in [-0.15, -0.1) is 13.2 Å². The number of carboxylic acids is 1. The summed E-state index contributed by atoms with van der Waals surface area (Å²) in [5.41, 5.74) is 5.08. The Hall–Kier alpha value is -0.873. The Bertz CT molecular complexity index is 442. The number of halogens is 4. The van der Waals surface area contributed by atoms with Crippen molar-refractivity contribution in [2.75, 3.05) is 0 Å². The monoisotopic (exact) mass is 275 g/mol. The van der Waals surface area contributed by atoms with Gasteiger partial charge in [-0.3, -0.25) is 0 Å². The number of carbonyl (C=O) groups excluding carboxylic acids is 1. The van der Waals surface area contributed by atoms with Gasteiger partial charge in [-0.25, -0.2) is 0 Å². The first kappa shape index (κ1) is 17.1. The molecule has 0 aromatic heterocycles. The van der Waals surface area contributed by atoms with Gasteiger partial charge < -0.3 is 20.4 Å². The number of carboxylic acid groups (broad SMARTS) is 1. The van der Waals surface area contributed by atoms with E-state index in [0.717, 1.165) is 12.1 Å². The minimum absolute atomic E-state index is 0. The minimum atomic E-state index is -4.92. The number of alkyl halides is 3. The van der Waals surface area contributed by atoms with E-state index in [1.165, 1.54) is 6.07 Å². The molecule has 0 aliphatic rings. The maximum absolute atomic E-state index is 12.0. The molecule has 0 saturated heterocycles. The van der Waals surface area contributed by atoms with Crippen molar-refractivity contribution in [1.82, 2.24) is 0 Å². The quantitative estimate of drug-likeness (QED) is 0.647. The van der Waals surface area contributed by atoms with E-state index in [4.69, 9.17) is 17.3 Å². The minimum Gasteiger partial charge on any atom is -0.548 e. The molecule has 0 saturated carbocycles. The Labute approximate surface area is 117 Å². The second kappa shape index (κ2) is 6.34. The smallest absolute Gasteiger partial charge is 0.548 e. The van der Waals surface area contributed by atoms with Crippen LogP contribution in [-0.2, 0) is 4.79 Å². The van der Waals surface area contributed by atoms with Gasteiger partial charge in [-0.1, -0.05) is 17.7 Å². The molecule has 0 heterocycles. The third-order valence-corrected chi connectivity index (χ3v) is 2.11. The standard InChI is InChI=1S/C9H7ClF3NO3.Li/c10-5-2-1-4(7(14)8(15)16)3-6(5)17-9(11,12)13;/h1-3,7H,14H2,(H,15,16);/q;+1/p-1. The van der Waals surface area contributed by atoms with E-state index >= 15 is 0 Å². The average Bonchev–Trinajstić information content (AvgIpc) is 2.18. The molecule has 4 nitrogen and oxygen atoms in total. The van der Waals surface area contributed by atoms with Crippen molar-refractivity contribution in [3.63, 3.8) is 0 Å². The number of aliphatic carboxylic acids is 1. The van der Waals surface area contributed by atoms with Gasteiger partial charge in [-0.2, -0.15) is 0 Å². The summed E-state index contributed by atoms with van der Waals surface area (Å²) in [4.78, 5) is 10.4. The molecule has 0 aliphatic heterocycles. The average molecular weight is 276 g/mol. The Kier molecular flexibility index (Phi) is 6.03. The van der Waals surface area contributed by atoms with E-state index in [0.29, 0.717) is 0 Å². The molecule has 94 valence electrons. The van der Waals surface area contributed by atoms with Gasteiger partial charge in [0, 0.05) is 0 Å². The van der Waals surface area contributed by atoms with Crippen molar-refractivity contribution in [2.24, 2.45) is 5.73 Å². The molecule has 0 aliphatic carbocycles. The van der Waals surface area contributed by atoms with E-state index in [-0.39, 0.29) is 29.4 Å². The molecule has 2 N–H and O–H groups in total. The summed E-state index contributed by atoms with van der Waals surface area (Å²) in [6, 6.07) is 1.48. The van der Waals surface area contributed by atoms with Crippen LogP contribution in [0, 0.1) is 0 Å². The number of carbonyl (C=O) groups is 1. The number of hydrogen-bond acceptors (Lipinski definition) is 4. The molecule has 18 heavy (non-hydrogen) atoms. The van der Waals surface area contributed by atoms with Crippen molar-refractivity contribution in [1.29, 1.82) is 0 Å². The van der Waals surface area contributed by atoms with E-state index in [1.54, 1.807) is 0 Å². The zero-order chi connectivity index (χ0) is 13.2. The Morgan fingerprint density at radius 3 is 2.44 bits per heavy atom. The van der Waals surface area contributed by atoms with Crippen LogP contribution in [0.25, 0.3) is 0 Å². The first-order valence-electron chi connectivity index (χ1n) is 4.22. The summed E-state index contributed by atoms with van der Waals surface area (Å²) in [6.45, 7) is 0. The summed E-state index contributed by atoms with van der Waals surface area (Å²) in [5.74, 6) is -2.33. The van der Waals surface area contributed by atoms with E-state index in [2.05, 4.69) is 4.74 Å². The second-order valence-electron chi connectivity index (χ2n) is 3.03. The molecule has 1 atom stereocenters. The van der Waals surface area contributed by atoms with Crippen LogP contribution in [0.4, 0.5) is 13.2 Å². The first-order valence-corrected chi connectivity index (χ1v) is 4.60. The fourth-order valence-corrected chi connectivity index (χ4v) is 1.21. The van der Waals surface area contributed by atoms with Crippen molar-refractivity contribution in [3.8, 4) is 5.75 Å². The van der Waals surface area contributed by atoms with E-state index in [1.807, 2.05) is 0 Å². The molecular weight excluding hydrogens is 269 g/mol. The van der Waals surface area contributed by atoms with E-state index in [9.17, 15) is 23.1 Å². The Balaban J connectivity index is 0.00000289. The van der Waals surface area contributed by atoms with Crippen LogP contribution in [0.15, 0.2) is 18.2 Å². The third-order valence-electron chi connectivity index (χ3n) is 1.79. The van der Waals surface area contributed by atoms with Gasteiger partial charge in [-0.05, 0) is 17.7 Å². The van der Waals surface area contributed by atoms with Gasteiger partial charge >= 0.3 is 25.2 Å². The van der Waals surface area contributed by atoms with Crippen LogP contribution in [0.3, 0.4) is 0 Å². The zero-order valence-corrected chi connectivity index (χ0v) is 9.88. The fourth-order valence-electron chi connectivity index (χ4n) is 1.05. The molecular formula is C9H6ClF3LiNO3. The van der Waals surface area contributed by atoms with Crippen LogP contribution in [0.5, 0.6) is 5.75 Å². The zero-order valence-electron chi connectivity index (χ0n) is 9.12. The maximum atomic E-state index is 12.0. The predicted molar refractivity (Wildman–Crippen MR) is 50.1 cm³/mol. The third kappa shape index (κ3) is 4.78. The van der Waals surface area contributed by atoms with Crippen molar-refractivity contribution in [3.05, 3.63) is 28.8 Å². The predicted octanol–water partition coefficient (Wildman–Crippen LogP) is -2.01. The molecule has 0 amide bonds. The molecule has 0 fully saturated rings. The van der Waals surface area contributed by atoms with Crippen LogP contribution in [0.1, 0.15) is 11.6 Å². The summed E-state index contributed by atoms with van der Waals surface area (Å²) >= 11 is 5.46. The molecule has 0 spiro atoms. The van der Waals surface area contributed by atoms with Gasteiger partial charge in [0.1, 0.15) is 5.75 Å². The van der Waals surface area contributed by atoms with Gasteiger partial charge in [0.25, 0.3) is 0 Å². The van der Waals surface area contributed by atoms with E-state index < -0.39 is 24.1 Å². The molecule has 0 radical (unpaired) electrons. The topological polar surface area (TPSA) is 75.4 Å². The maximum Gasteiger partial charge on any atom is 1.00 e. The molecule has 1 aromatic rings. The number of rotatable bonds is 3. The van der Waals surface area contributed by atoms with Crippen LogP contribution in [-0.4, -0.2) is 12.3 Å². The summed E-state index contributed by atoms with van der Waals surface area (Å²) in [5, 5.41) is 10.1. The van der Waals surface area contributed by atoms with Crippen molar-refractivity contribution < 1.29 is 46.7 Å². The first-order chi connectivity index (χ1) is 7.70. The summed E-state index contributed by atoms with van der Waals surface area (Å²) in [6.07, 6.45) is -4.92. The number of ether oxygens (including phenoxy) is 1. The van der Waals surface area contributed by atoms with Crippen LogP contribution < -0.4 is 34.4 Å². The van der Waals surface area contributed by atoms with Crippen molar-refractivity contribution in [2.45, 2.75) is 12.4 Å². The number of benzene rings is 1. The molecule has 1 unspecified atom stereocenters. The van der Waals surface area contributed by atoms with Crippen LogP contribution in [0.2, 0.25) is 5.02 Å². The molecule has 0 bridgehead atoms.